The van der Waals surface area contributed by atoms with Crippen LogP contribution in [0, 0.1) is 13.8 Å². The first-order valence-electron chi connectivity index (χ1n) is 19.5. The fourth-order valence-corrected chi connectivity index (χ4v) is 9.51. The molecule has 0 spiro atoms. The summed E-state index contributed by atoms with van der Waals surface area (Å²) in [7, 11) is 3.18. The number of benzene rings is 3. The van der Waals surface area contributed by atoms with Crippen LogP contribution in [0.4, 0.5) is 0 Å². The molecule has 2 N–H and O–H groups in total. The van der Waals surface area contributed by atoms with Gasteiger partial charge in [0.2, 0.25) is 0 Å². The lowest BCUT2D eigenvalue weighted by molar-refractivity contribution is -0.109. The van der Waals surface area contributed by atoms with Gasteiger partial charge in [0.05, 0.1) is 39.6 Å². The van der Waals surface area contributed by atoms with Crippen molar-refractivity contribution < 1.29 is 32.8 Å². The van der Waals surface area contributed by atoms with Gasteiger partial charge in [-0.3, -0.25) is 33.3 Å². The minimum absolute atomic E-state index is 0.0468. The number of rotatable bonds is 14. The number of nitrogens with one attached hydrogen (secondary N) is 2. The van der Waals surface area contributed by atoms with Crippen LogP contribution in [0.5, 0.6) is 11.5 Å². The molecule has 60 heavy (non-hydrogen) atoms. The van der Waals surface area contributed by atoms with Gasteiger partial charge in [0.25, 0.3) is 11.1 Å². The van der Waals surface area contributed by atoms with Crippen molar-refractivity contribution in [3.63, 3.8) is 0 Å². The highest BCUT2D eigenvalue weighted by atomic mass is 32.7. The van der Waals surface area contributed by atoms with E-state index < -0.39 is 65.6 Å². The number of nitrogens with zero attached hydrogens (tertiary/aromatic N) is 3. The van der Waals surface area contributed by atoms with Gasteiger partial charge in [-0.15, -0.1) is 0 Å². The minimum atomic E-state index is -3.97. The van der Waals surface area contributed by atoms with Gasteiger partial charge >= 0.3 is 18.1 Å². The highest BCUT2D eigenvalue weighted by Crippen LogP contribution is 2.57. The van der Waals surface area contributed by atoms with Crippen LogP contribution in [-0.4, -0.2) is 76.0 Å². The molecule has 0 bridgehead atoms. The summed E-state index contributed by atoms with van der Waals surface area (Å²) in [5, 5.41) is 0. The predicted octanol–water partition coefficient (Wildman–Crippen LogP) is 5.05. The van der Waals surface area contributed by atoms with Crippen LogP contribution in [0.1, 0.15) is 60.0 Å². The van der Waals surface area contributed by atoms with Crippen molar-refractivity contribution in [3.05, 3.63) is 161 Å². The highest BCUT2D eigenvalue weighted by molar-refractivity contribution is 8.45. The summed E-state index contributed by atoms with van der Waals surface area (Å²) >= 11 is 4.60. The van der Waals surface area contributed by atoms with Crippen LogP contribution in [0.2, 0.25) is 0 Å². The Labute approximate surface area is 350 Å². The third kappa shape index (κ3) is 8.75. The second kappa shape index (κ2) is 17.9. The summed E-state index contributed by atoms with van der Waals surface area (Å²) in [6.07, 6.45) is -0.596. The van der Waals surface area contributed by atoms with Crippen molar-refractivity contribution in [3.8, 4) is 11.5 Å². The van der Waals surface area contributed by atoms with Gasteiger partial charge in [0.1, 0.15) is 29.4 Å². The molecule has 2 aliphatic heterocycles. The van der Waals surface area contributed by atoms with Gasteiger partial charge in [-0.1, -0.05) is 73.8 Å². The highest BCUT2D eigenvalue weighted by Gasteiger charge is 2.48. The fraction of sp³-hybridized carbons (Fsp3) is 0.381. The average molecular weight is 862 g/mol. The number of thiol groups is 1. The Morgan fingerprint density at radius 2 is 1.27 bits per heavy atom. The molecule has 6 atom stereocenters. The predicted molar refractivity (Wildman–Crippen MR) is 226 cm³/mol. The third-order valence-electron chi connectivity index (χ3n) is 10.9. The lowest BCUT2D eigenvalue weighted by Crippen LogP contribution is -2.47. The maximum absolute atomic E-state index is 14.6. The first-order valence-corrected chi connectivity index (χ1v) is 22.2. The molecule has 1 unspecified atom stereocenters. The fourth-order valence-electron chi connectivity index (χ4n) is 7.64. The summed E-state index contributed by atoms with van der Waals surface area (Å²) in [4.78, 5) is 55.3. The van der Waals surface area contributed by atoms with Crippen LogP contribution < -0.4 is 32.0 Å². The second-order valence-electron chi connectivity index (χ2n) is 14.8. The topological polar surface area (TPSA) is 185 Å². The maximum Gasteiger partial charge on any atom is 0.330 e. The summed E-state index contributed by atoms with van der Waals surface area (Å²) < 4.78 is 56.2. The maximum atomic E-state index is 14.6. The molecule has 18 heteroatoms. The molecule has 0 radical (unpaired) electrons. The Hall–Kier alpha value is -5.00. The normalized spacial score (nSPS) is 22.0. The molecule has 4 heterocycles. The number of aryl methyl sites for hydroxylation is 2. The monoisotopic (exact) mass is 861 g/mol. The van der Waals surface area contributed by atoms with Crippen molar-refractivity contribution in [1.82, 2.24) is 23.8 Å². The number of aromatic amines is 2. The number of morpholine rings is 1. The molecular formula is C42H48N5O11PS. The van der Waals surface area contributed by atoms with Crippen LogP contribution in [0.25, 0.3) is 0 Å². The molecule has 0 aliphatic carbocycles. The van der Waals surface area contributed by atoms with E-state index >= 15 is 0 Å². The smallest absolute Gasteiger partial charge is 0.330 e. The van der Waals surface area contributed by atoms with Gasteiger partial charge in [0, 0.05) is 36.5 Å². The van der Waals surface area contributed by atoms with E-state index in [2.05, 4.69) is 22.2 Å². The molecule has 5 aromatic rings. The lowest BCUT2D eigenvalue weighted by Gasteiger charge is -2.40. The molecule has 2 saturated heterocycles. The van der Waals surface area contributed by atoms with Crippen molar-refractivity contribution in [2.24, 2.45) is 0 Å². The van der Waals surface area contributed by atoms with Gasteiger partial charge in [-0.05, 0) is 61.2 Å². The van der Waals surface area contributed by atoms with Gasteiger partial charge in [-0.2, -0.15) is 0 Å². The van der Waals surface area contributed by atoms with E-state index in [9.17, 15) is 23.7 Å². The lowest BCUT2D eigenvalue weighted by atomic mass is 9.79. The van der Waals surface area contributed by atoms with E-state index in [1.54, 1.807) is 28.1 Å². The van der Waals surface area contributed by atoms with Crippen molar-refractivity contribution in [2.75, 3.05) is 33.9 Å². The number of hydrogen-bond acceptors (Lipinski definition) is 11. The van der Waals surface area contributed by atoms with Gasteiger partial charge < -0.3 is 28.2 Å². The van der Waals surface area contributed by atoms with Crippen LogP contribution >= 0.6 is 19.0 Å². The van der Waals surface area contributed by atoms with E-state index in [0.717, 1.165) is 16.7 Å². The van der Waals surface area contributed by atoms with Crippen molar-refractivity contribution in [1.29, 1.82) is 0 Å². The Morgan fingerprint density at radius 1 is 0.750 bits per heavy atom. The van der Waals surface area contributed by atoms with Crippen LogP contribution in [0.15, 0.2) is 110 Å². The molecule has 2 aliphatic rings. The molecular weight excluding hydrogens is 814 g/mol. The summed E-state index contributed by atoms with van der Waals surface area (Å²) in [5.41, 5.74) is -0.800. The SMILES string of the molecule is CC[C@@H]1CN([P@@](=O)(S)OC[C@H]2O[C@@H](n3cc(C)c(=O)[nH]c3=O)CC2OC(c2ccccc2)(c2ccc(OC)cc2)c2ccc(OC)cc2)C[C@H](n2cc(C)c(=O)[nH]c2=O)O1. The number of H-pyrrole nitrogens is 2. The van der Waals surface area contributed by atoms with Crippen LogP contribution in [0.3, 0.4) is 0 Å². The van der Waals surface area contributed by atoms with E-state index in [1.807, 2.05) is 85.8 Å². The number of hydrogen-bond donors (Lipinski definition) is 3. The quantitative estimate of drug-likeness (QED) is 0.0769. The number of ether oxygens (including phenoxy) is 5. The Kier molecular flexibility index (Phi) is 12.9. The molecule has 2 aromatic heterocycles. The molecule has 0 saturated carbocycles. The third-order valence-corrected chi connectivity index (χ3v) is 13.6. The minimum Gasteiger partial charge on any atom is -0.497 e. The van der Waals surface area contributed by atoms with Crippen molar-refractivity contribution >= 4 is 19.0 Å². The van der Waals surface area contributed by atoms with E-state index in [1.165, 1.54) is 26.2 Å². The van der Waals surface area contributed by atoms with Gasteiger partial charge in [-0.25, -0.2) is 14.3 Å². The Balaban J connectivity index is 1.28. The molecule has 2 fully saturated rings. The standard InChI is InChI=1S/C42H48N5O11PS/c1-6-31-23-45(24-37(56-31)47-22-27(3)39(49)44-41(47)51)59(52,60)55-25-35-34(20-36(57-35)46-21-26(2)38(48)43-40(46)50)58-42(28-10-8-7-9-11-28,29-12-16-32(53-4)17-13-29)30-14-18-33(54-5)19-15-30/h7-19,21-22,31,34-37H,6,20,23-25H2,1-5H3,(H,52,60)(H,43,48,50)(H,44,49,51)/t31-,34?,35-,36-,37-,59+/m1/s1. The second-order valence-corrected chi connectivity index (χ2v) is 18.1. The van der Waals surface area contributed by atoms with E-state index in [0.29, 0.717) is 29.0 Å². The average Bonchev–Trinajstić information content (AvgIpc) is 3.66. The number of aromatic nitrogens is 4. The number of methoxy groups -OCH3 is 2. The van der Waals surface area contributed by atoms with E-state index in [4.69, 9.17) is 28.2 Å². The zero-order chi connectivity index (χ0) is 42.8. The Bertz CT molecular complexity index is 2530. The summed E-state index contributed by atoms with van der Waals surface area (Å²) in [6, 6.07) is 24.7. The van der Waals surface area contributed by atoms with E-state index in [-0.39, 0.29) is 26.1 Å². The van der Waals surface area contributed by atoms with Gasteiger partial charge in [0.15, 0.2) is 6.23 Å². The molecule has 3 aromatic carbocycles. The molecule has 7 rings (SSSR count). The zero-order valence-electron chi connectivity index (χ0n) is 33.8. The first-order chi connectivity index (χ1) is 28.8. The Morgan fingerprint density at radius 3 is 1.78 bits per heavy atom. The largest absolute Gasteiger partial charge is 0.497 e. The van der Waals surface area contributed by atoms with Crippen molar-refractivity contribution in [2.45, 2.75) is 70.0 Å². The summed E-state index contributed by atoms with van der Waals surface area (Å²) in [5.74, 6) is 1.28. The van der Waals surface area contributed by atoms with Crippen LogP contribution in [-0.2, 0) is 28.9 Å². The molecule has 318 valence electrons. The first kappa shape index (κ1) is 43.1. The summed E-state index contributed by atoms with van der Waals surface area (Å²) in [6.45, 7) is 0.922. The molecule has 16 nitrogen and oxygen atoms in total. The molecule has 0 amide bonds. The zero-order valence-corrected chi connectivity index (χ0v) is 35.6.